The molecule has 8 heteroatoms. The highest BCUT2D eigenvalue weighted by atomic mass is 127. The summed E-state index contributed by atoms with van der Waals surface area (Å²) in [6.07, 6.45) is 2.36. The molecule has 0 aliphatic carbocycles. The Morgan fingerprint density at radius 2 is 2.00 bits per heavy atom. The molecule has 0 saturated carbocycles. The molecule has 7 nitrogen and oxygen atoms in total. The number of amides is 1. The van der Waals surface area contributed by atoms with Crippen LogP contribution in [0.3, 0.4) is 0 Å². The number of likely N-dealkylation sites (N-methyl/N-ethyl adjacent to an activating group) is 1. The average molecular weight is 504 g/mol. The Balaban J connectivity index is 0.00000392. The quantitative estimate of drug-likeness (QED) is 0.335. The summed E-state index contributed by atoms with van der Waals surface area (Å²) in [5.74, 6) is 1.54. The standard InChI is InChI=1S/C20H32N4O3.HI/c1-5-26-17-10-8-16(9-11-17)15-24(4)20(22-14-19(25)23(2)3)21-13-18-7-6-12-27-18;/h8-11,18H,5-7,12-15H2,1-4H3,(H,21,22);1H. The van der Waals surface area contributed by atoms with Crippen molar-refractivity contribution in [3.63, 3.8) is 0 Å². The minimum Gasteiger partial charge on any atom is -0.494 e. The van der Waals surface area contributed by atoms with Gasteiger partial charge in [-0.2, -0.15) is 0 Å². The van der Waals surface area contributed by atoms with Crippen molar-refractivity contribution in [2.75, 3.05) is 47.4 Å². The van der Waals surface area contributed by atoms with E-state index in [4.69, 9.17) is 9.47 Å². The molecule has 0 aromatic heterocycles. The molecule has 1 aliphatic heterocycles. The second-order valence-corrected chi connectivity index (χ2v) is 6.88. The fraction of sp³-hybridized carbons (Fsp3) is 0.600. The number of ether oxygens (including phenoxy) is 2. The third kappa shape index (κ3) is 8.22. The first-order chi connectivity index (χ1) is 13.0. The summed E-state index contributed by atoms with van der Waals surface area (Å²) in [6, 6.07) is 8.03. The maximum Gasteiger partial charge on any atom is 0.243 e. The van der Waals surface area contributed by atoms with Crippen LogP contribution in [0.4, 0.5) is 0 Å². The smallest absolute Gasteiger partial charge is 0.243 e. The molecule has 0 bridgehead atoms. The second-order valence-electron chi connectivity index (χ2n) is 6.88. The maximum atomic E-state index is 11.9. The van der Waals surface area contributed by atoms with Crippen LogP contribution in [-0.4, -0.2) is 75.2 Å². The van der Waals surface area contributed by atoms with Gasteiger partial charge in [-0.05, 0) is 37.5 Å². The molecule has 1 N–H and O–H groups in total. The van der Waals surface area contributed by atoms with E-state index in [1.54, 1.807) is 19.0 Å². The SMILES string of the molecule is CCOc1ccc(CN(C)C(=NCC(=O)N(C)C)NCC2CCCO2)cc1.I. The Hall–Kier alpha value is -1.55. The fourth-order valence-electron chi connectivity index (χ4n) is 2.81. The highest BCUT2D eigenvalue weighted by molar-refractivity contribution is 14.0. The molecule has 1 aliphatic rings. The topological polar surface area (TPSA) is 66.4 Å². The summed E-state index contributed by atoms with van der Waals surface area (Å²) >= 11 is 0. The molecule has 1 fully saturated rings. The lowest BCUT2D eigenvalue weighted by Crippen LogP contribution is -2.42. The summed E-state index contributed by atoms with van der Waals surface area (Å²) in [5.41, 5.74) is 1.14. The molecule has 1 aromatic rings. The fourth-order valence-corrected chi connectivity index (χ4v) is 2.81. The van der Waals surface area contributed by atoms with Gasteiger partial charge in [0.1, 0.15) is 12.3 Å². The minimum absolute atomic E-state index is 0. The third-order valence-corrected chi connectivity index (χ3v) is 4.39. The van der Waals surface area contributed by atoms with Gasteiger partial charge in [-0.15, -0.1) is 24.0 Å². The molecule has 0 spiro atoms. The average Bonchev–Trinajstić information content (AvgIpc) is 3.16. The predicted octanol–water partition coefficient (Wildman–Crippen LogP) is 2.35. The van der Waals surface area contributed by atoms with Crippen LogP contribution in [0, 0.1) is 0 Å². The Labute approximate surface area is 185 Å². The van der Waals surface area contributed by atoms with Crippen LogP contribution in [0.25, 0.3) is 0 Å². The van der Waals surface area contributed by atoms with E-state index in [-0.39, 0.29) is 42.5 Å². The van der Waals surface area contributed by atoms with Crippen LogP contribution in [0.5, 0.6) is 5.75 Å². The molecule has 1 heterocycles. The first-order valence-electron chi connectivity index (χ1n) is 9.52. The summed E-state index contributed by atoms with van der Waals surface area (Å²) in [5, 5.41) is 3.36. The van der Waals surface area contributed by atoms with Crippen LogP contribution >= 0.6 is 24.0 Å². The van der Waals surface area contributed by atoms with Crippen molar-refractivity contribution in [3.8, 4) is 5.75 Å². The Kier molecular flexibility index (Phi) is 11.2. The van der Waals surface area contributed by atoms with Crippen molar-refractivity contribution < 1.29 is 14.3 Å². The normalized spacial score (nSPS) is 16.3. The number of hydrogen-bond donors (Lipinski definition) is 1. The van der Waals surface area contributed by atoms with Crippen molar-refractivity contribution in [2.45, 2.75) is 32.4 Å². The van der Waals surface area contributed by atoms with E-state index in [1.165, 1.54) is 0 Å². The van der Waals surface area contributed by atoms with Gasteiger partial charge in [-0.3, -0.25) is 4.79 Å². The van der Waals surface area contributed by atoms with E-state index in [0.717, 1.165) is 30.8 Å². The van der Waals surface area contributed by atoms with Gasteiger partial charge in [-0.1, -0.05) is 12.1 Å². The molecule has 1 saturated heterocycles. The predicted molar refractivity (Wildman–Crippen MR) is 122 cm³/mol. The van der Waals surface area contributed by atoms with E-state index < -0.39 is 0 Å². The molecular weight excluding hydrogens is 471 g/mol. The Morgan fingerprint density at radius 1 is 1.29 bits per heavy atom. The third-order valence-electron chi connectivity index (χ3n) is 4.39. The molecule has 1 aromatic carbocycles. The molecule has 2 rings (SSSR count). The van der Waals surface area contributed by atoms with Gasteiger partial charge in [0.05, 0.1) is 12.7 Å². The molecule has 1 unspecified atom stereocenters. The monoisotopic (exact) mass is 504 g/mol. The summed E-state index contributed by atoms with van der Waals surface area (Å²) < 4.78 is 11.2. The number of nitrogens with zero attached hydrogens (tertiary/aromatic N) is 3. The minimum atomic E-state index is -0.0270. The molecule has 1 amide bonds. The van der Waals surface area contributed by atoms with Gasteiger partial charge in [0.2, 0.25) is 5.91 Å². The zero-order valence-electron chi connectivity index (χ0n) is 17.3. The molecule has 0 radical (unpaired) electrons. The first-order valence-corrected chi connectivity index (χ1v) is 9.52. The lowest BCUT2D eigenvalue weighted by atomic mass is 10.2. The Bertz CT molecular complexity index is 616. The molecule has 1 atom stereocenters. The molecule has 158 valence electrons. The number of rotatable bonds is 8. The van der Waals surface area contributed by atoms with Gasteiger partial charge >= 0.3 is 0 Å². The van der Waals surface area contributed by atoms with Crippen LogP contribution in [0.2, 0.25) is 0 Å². The van der Waals surface area contributed by atoms with Gasteiger partial charge in [0, 0.05) is 40.8 Å². The number of aliphatic imine (C=N–C) groups is 1. The number of benzene rings is 1. The molecular formula is C20H33IN4O3. The summed E-state index contributed by atoms with van der Waals surface area (Å²) in [6.45, 7) is 4.94. The van der Waals surface area contributed by atoms with Crippen molar-refractivity contribution in [1.29, 1.82) is 0 Å². The number of carbonyl (C=O) groups excluding carboxylic acids is 1. The highest BCUT2D eigenvalue weighted by Gasteiger charge is 2.17. The van der Waals surface area contributed by atoms with E-state index in [9.17, 15) is 4.79 Å². The van der Waals surface area contributed by atoms with Gasteiger partial charge in [0.25, 0.3) is 0 Å². The number of hydrogen-bond acceptors (Lipinski definition) is 4. The zero-order valence-corrected chi connectivity index (χ0v) is 19.6. The van der Waals surface area contributed by atoms with Gasteiger partial charge < -0.3 is 24.6 Å². The molecule has 28 heavy (non-hydrogen) atoms. The maximum absolute atomic E-state index is 11.9. The number of halogens is 1. The van der Waals surface area contributed by atoms with Crippen molar-refractivity contribution in [3.05, 3.63) is 29.8 Å². The highest BCUT2D eigenvalue weighted by Crippen LogP contribution is 2.14. The number of guanidine groups is 1. The van der Waals surface area contributed by atoms with Crippen LogP contribution in [-0.2, 0) is 16.1 Å². The van der Waals surface area contributed by atoms with Gasteiger partial charge in [0.15, 0.2) is 5.96 Å². The number of carbonyl (C=O) groups is 1. The summed E-state index contributed by atoms with van der Waals surface area (Å²) in [7, 11) is 5.44. The number of nitrogens with one attached hydrogen (secondary N) is 1. The van der Waals surface area contributed by atoms with Gasteiger partial charge in [-0.25, -0.2) is 4.99 Å². The van der Waals surface area contributed by atoms with Crippen molar-refractivity contribution >= 4 is 35.8 Å². The van der Waals surface area contributed by atoms with E-state index >= 15 is 0 Å². The first kappa shape index (κ1) is 24.5. The van der Waals surface area contributed by atoms with E-state index in [1.807, 2.05) is 43.1 Å². The Morgan fingerprint density at radius 3 is 2.57 bits per heavy atom. The zero-order chi connectivity index (χ0) is 19.6. The van der Waals surface area contributed by atoms with Crippen LogP contribution in [0.15, 0.2) is 29.3 Å². The summed E-state index contributed by atoms with van der Waals surface area (Å²) in [4.78, 5) is 20.0. The lowest BCUT2D eigenvalue weighted by molar-refractivity contribution is -0.127. The van der Waals surface area contributed by atoms with E-state index in [0.29, 0.717) is 25.7 Å². The lowest BCUT2D eigenvalue weighted by Gasteiger charge is -2.24. The van der Waals surface area contributed by atoms with Crippen LogP contribution in [0.1, 0.15) is 25.3 Å². The van der Waals surface area contributed by atoms with Crippen molar-refractivity contribution in [2.24, 2.45) is 4.99 Å². The largest absolute Gasteiger partial charge is 0.494 e. The van der Waals surface area contributed by atoms with Crippen LogP contribution < -0.4 is 10.1 Å². The van der Waals surface area contributed by atoms with Crippen molar-refractivity contribution in [1.82, 2.24) is 15.1 Å². The van der Waals surface area contributed by atoms with E-state index in [2.05, 4.69) is 10.3 Å². The second kappa shape index (κ2) is 12.8.